The van der Waals surface area contributed by atoms with Crippen LogP contribution < -0.4 is 5.32 Å². The van der Waals surface area contributed by atoms with E-state index in [4.69, 9.17) is 0 Å². The van der Waals surface area contributed by atoms with Crippen LogP contribution in [-0.2, 0) is 11.2 Å². The number of hydrogen-bond donors (Lipinski definition) is 1. The van der Waals surface area contributed by atoms with Crippen LogP contribution in [0.2, 0.25) is 0 Å². The van der Waals surface area contributed by atoms with Crippen LogP contribution in [0.15, 0.2) is 84.9 Å². The Morgan fingerprint density at radius 2 is 1.45 bits per heavy atom. The molecule has 0 radical (unpaired) electrons. The average molecular weight is 438 g/mol. The second kappa shape index (κ2) is 9.55. The topological polar surface area (TPSA) is 29.1 Å². The SMILES string of the molecule is C[C@@]1([C@@H](NC(=O)Cc2ccccc2)c2ccc(-c3ccccc3)cc2)C[C@H]1C1CCCCC1. The predicted octanol–water partition coefficient (Wildman–Crippen LogP) is 7.36. The van der Waals surface area contributed by atoms with Crippen molar-refractivity contribution in [1.29, 1.82) is 0 Å². The third-order valence-corrected chi connectivity index (χ3v) is 8.09. The molecule has 1 N–H and O–H groups in total. The molecular formula is C31H35NO. The van der Waals surface area contributed by atoms with E-state index in [0.717, 1.165) is 11.5 Å². The van der Waals surface area contributed by atoms with Gasteiger partial charge in [-0.2, -0.15) is 0 Å². The molecule has 0 unspecified atom stereocenters. The molecule has 2 nitrogen and oxygen atoms in total. The van der Waals surface area contributed by atoms with Crippen molar-refractivity contribution in [3.05, 3.63) is 96.1 Å². The van der Waals surface area contributed by atoms with E-state index in [0.29, 0.717) is 12.3 Å². The van der Waals surface area contributed by atoms with E-state index in [1.807, 2.05) is 30.3 Å². The second-order valence-electron chi connectivity index (χ2n) is 10.4. The molecule has 2 aliphatic carbocycles. The van der Waals surface area contributed by atoms with Crippen LogP contribution in [0.25, 0.3) is 11.1 Å². The zero-order valence-corrected chi connectivity index (χ0v) is 19.7. The van der Waals surface area contributed by atoms with Gasteiger partial charge in [0.25, 0.3) is 0 Å². The monoisotopic (exact) mass is 437 g/mol. The molecule has 1 amide bonds. The minimum atomic E-state index is 0.0606. The smallest absolute Gasteiger partial charge is 0.224 e. The third kappa shape index (κ3) is 4.90. The summed E-state index contributed by atoms with van der Waals surface area (Å²) < 4.78 is 0. The van der Waals surface area contributed by atoms with Crippen molar-refractivity contribution in [2.75, 3.05) is 0 Å². The van der Waals surface area contributed by atoms with E-state index >= 15 is 0 Å². The summed E-state index contributed by atoms with van der Waals surface area (Å²) in [5, 5.41) is 3.47. The molecule has 2 heteroatoms. The average Bonchev–Trinajstić information content (AvgIpc) is 3.57. The quantitative estimate of drug-likeness (QED) is 0.411. The van der Waals surface area contributed by atoms with Crippen LogP contribution in [0, 0.1) is 17.3 Å². The van der Waals surface area contributed by atoms with Crippen molar-refractivity contribution in [2.24, 2.45) is 17.3 Å². The molecule has 3 aromatic carbocycles. The van der Waals surface area contributed by atoms with Gasteiger partial charge >= 0.3 is 0 Å². The summed E-state index contributed by atoms with van der Waals surface area (Å²) in [6.07, 6.45) is 8.49. The molecule has 0 aromatic heterocycles. The summed E-state index contributed by atoms with van der Waals surface area (Å²) in [7, 11) is 0. The lowest BCUT2D eigenvalue weighted by molar-refractivity contribution is -0.121. The molecule has 2 fully saturated rings. The minimum Gasteiger partial charge on any atom is -0.348 e. The van der Waals surface area contributed by atoms with E-state index in [-0.39, 0.29) is 17.4 Å². The lowest BCUT2D eigenvalue weighted by atomic mass is 9.79. The molecule has 0 bridgehead atoms. The normalized spacial score (nSPS) is 23.6. The second-order valence-corrected chi connectivity index (χ2v) is 10.4. The molecule has 2 saturated carbocycles. The number of rotatable bonds is 7. The molecule has 0 heterocycles. The van der Waals surface area contributed by atoms with Gasteiger partial charge in [0.05, 0.1) is 12.5 Å². The number of benzene rings is 3. The molecule has 0 aliphatic heterocycles. The first-order chi connectivity index (χ1) is 16.1. The van der Waals surface area contributed by atoms with Gasteiger partial charge in [0.1, 0.15) is 0 Å². The van der Waals surface area contributed by atoms with Crippen molar-refractivity contribution < 1.29 is 4.79 Å². The summed E-state index contributed by atoms with van der Waals surface area (Å²) >= 11 is 0. The van der Waals surface area contributed by atoms with Gasteiger partial charge in [-0.3, -0.25) is 4.79 Å². The van der Waals surface area contributed by atoms with Crippen molar-refractivity contribution in [3.8, 4) is 11.1 Å². The molecular weight excluding hydrogens is 402 g/mol. The Labute approximate surface area is 198 Å². The van der Waals surface area contributed by atoms with Crippen molar-refractivity contribution in [1.82, 2.24) is 5.32 Å². The van der Waals surface area contributed by atoms with Crippen molar-refractivity contribution in [3.63, 3.8) is 0 Å². The van der Waals surface area contributed by atoms with Crippen LogP contribution in [-0.4, -0.2) is 5.91 Å². The highest BCUT2D eigenvalue weighted by Crippen LogP contribution is 2.65. The molecule has 3 aromatic rings. The van der Waals surface area contributed by atoms with Gasteiger partial charge in [0.15, 0.2) is 0 Å². The van der Waals surface area contributed by atoms with E-state index in [9.17, 15) is 4.79 Å². The Balaban J connectivity index is 1.38. The van der Waals surface area contributed by atoms with Crippen LogP contribution in [0.5, 0.6) is 0 Å². The number of nitrogens with one attached hydrogen (secondary N) is 1. The van der Waals surface area contributed by atoms with Gasteiger partial charge in [-0.15, -0.1) is 0 Å². The first-order valence-electron chi connectivity index (χ1n) is 12.6. The van der Waals surface area contributed by atoms with Crippen LogP contribution >= 0.6 is 0 Å². The maximum Gasteiger partial charge on any atom is 0.224 e. The number of carbonyl (C=O) groups excluding carboxylic acids is 1. The molecule has 5 rings (SSSR count). The fraction of sp³-hybridized carbons (Fsp3) is 0.387. The van der Waals surface area contributed by atoms with E-state index in [2.05, 4.69) is 66.8 Å². The summed E-state index contributed by atoms with van der Waals surface area (Å²) in [6.45, 7) is 2.41. The Morgan fingerprint density at radius 1 is 0.848 bits per heavy atom. The Bertz CT molecular complexity index is 1050. The fourth-order valence-electron chi connectivity index (χ4n) is 6.11. The molecule has 170 valence electrons. The first kappa shape index (κ1) is 21.9. The zero-order valence-electron chi connectivity index (χ0n) is 19.7. The van der Waals surface area contributed by atoms with E-state index < -0.39 is 0 Å². The Hall–Kier alpha value is -2.87. The molecule has 2 aliphatic rings. The van der Waals surface area contributed by atoms with E-state index in [1.165, 1.54) is 55.2 Å². The summed E-state index contributed by atoms with van der Waals surface area (Å²) in [5.74, 6) is 1.66. The third-order valence-electron chi connectivity index (χ3n) is 8.09. The summed E-state index contributed by atoms with van der Waals surface area (Å²) in [4.78, 5) is 13.1. The number of hydrogen-bond acceptors (Lipinski definition) is 1. The van der Waals surface area contributed by atoms with Crippen LogP contribution in [0.1, 0.15) is 62.6 Å². The number of amides is 1. The Morgan fingerprint density at radius 3 is 2.12 bits per heavy atom. The highest BCUT2D eigenvalue weighted by Gasteiger charge is 2.58. The zero-order chi connectivity index (χ0) is 22.7. The predicted molar refractivity (Wildman–Crippen MR) is 136 cm³/mol. The van der Waals surface area contributed by atoms with Gasteiger partial charge < -0.3 is 5.32 Å². The number of carbonyl (C=O) groups is 1. The van der Waals surface area contributed by atoms with Gasteiger partial charge in [-0.05, 0) is 45.9 Å². The molecule has 0 spiro atoms. The van der Waals surface area contributed by atoms with Crippen molar-refractivity contribution >= 4 is 5.91 Å². The van der Waals surface area contributed by atoms with Gasteiger partial charge in [-0.25, -0.2) is 0 Å². The molecule has 3 atom stereocenters. The molecule has 33 heavy (non-hydrogen) atoms. The fourth-order valence-corrected chi connectivity index (χ4v) is 6.11. The standard InChI is InChI=1S/C31H35NO/c1-31(22-28(31)26-15-9-4-10-16-26)30(32-29(33)21-23-11-5-2-6-12-23)27-19-17-25(18-20-27)24-13-7-3-8-14-24/h2-3,5-8,11-14,17-20,26,28,30H,4,9-10,15-16,21-22H2,1H3,(H,32,33)/t28-,30-,31+/m0/s1. The summed E-state index contributed by atoms with van der Waals surface area (Å²) in [5.41, 5.74) is 4.89. The Kier molecular flexibility index (Phi) is 6.35. The van der Waals surface area contributed by atoms with Gasteiger partial charge in [0, 0.05) is 0 Å². The first-order valence-corrected chi connectivity index (χ1v) is 12.6. The van der Waals surface area contributed by atoms with Crippen LogP contribution in [0.3, 0.4) is 0 Å². The summed E-state index contributed by atoms with van der Waals surface area (Å²) in [6, 6.07) is 29.5. The highest BCUT2D eigenvalue weighted by molar-refractivity contribution is 5.79. The van der Waals surface area contributed by atoms with Gasteiger partial charge in [-0.1, -0.05) is 124 Å². The largest absolute Gasteiger partial charge is 0.348 e. The lowest BCUT2D eigenvalue weighted by Crippen LogP contribution is -2.36. The highest BCUT2D eigenvalue weighted by atomic mass is 16.1. The van der Waals surface area contributed by atoms with E-state index in [1.54, 1.807) is 0 Å². The minimum absolute atomic E-state index is 0.0606. The lowest BCUT2D eigenvalue weighted by Gasteiger charge is -2.30. The van der Waals surface area contributed by atoms with Crippen LogP contribution in [0.4, 0.5) is 0 Å². The maximum absolute atomic E-state index is 13.1. The van der Waals surface area contributed by atoms with Crippen molar-refractivity contribution in [2.45, 2.75) is 57.9 Å². The maximum atomic E-state index is 13.1. The molecule has 0 saturated heterocycles. The van der Waals surface area contributed by atoms with Gasteiger partial charge in [0.2, 0.25) is 5.91 Å².